The van der Waals surface area contributed by atoms with Gasteiger partial charge in [-0.1, -0.05) is 82.4 Å². The maximum Gasteiger partial charge on any atom is 0.0825 e. The van der Waals surface area contributed by atoms with Gasteiger partial charge in [0.25, 0.3) is 0 Å². The van der Waals surface area contributed by atoms with Crippen LogP contribution in [0.1, 0.15) is 64.5 Å². The molecule has 1 aliphatic rings. The maximum absolute atomic E-state index is 11.3. The molecule has 1 aromatic carbocycles. The normalized spacial score (nSPS) is 22.2. The fraction of sp³-hybridized carbons (Fsp3) is 0.654. The summed E-state index contributed by atoms with van der Waals surface area (Å²) in [6.07, 6.45) is 7.44. The molecule has 4 heteroatoms. The van der Waals surface area contributed by atoms with Gasteiger partial charge in [-0.3, -0.25) is 4.98 Å². The minimum Gasteiger partial charge on any atom is -0.388 e. The van der Waals surface area contributed by atoms with Gasteiger partial charge in [0.1, 0.15) is 0 Å². The van der Waals surface area contributed by atoms with E-state index in [1.807, 2.05) is 30.5 Å². The van der Waals surface area contributed by atoms with Crippen LogP contribution in [-0.4, -0.2) is 24.7 Å². The van der Waals surface area contributed by atoms with E-state index >= 15 is 0 Å². The molecule has 3 rings (SSSR count). The standard InChI is InChI=1S/C26H42N2OSi/c1-4-30(5-2,6-3)17-15-22(19-27)20-10-9-11-21(18-20)26(29)24-14-16-28-25-13-8-7-12-23(24)25/h7-8,12-14,16,20-22,26,29H,4-6,9-11,15,17-19,27H2,1-3H3. The molecular formula is C26H42N2OSi. The minimum atomic E-state index is -1.09. The number of para-hydroxylation sites is 1. The number of pyridine rings is 1. The molecule has 4 unspecified atom stereocenters. The molecule has 30 heavy (non-hydrogen) atoms. The highest BCUT2D eigenvalue weighted by atomic mass is 28.3. The van der Waals surface area contributed by atoms with E-state index in [4.69, 9.17) is 5.73 Å². The van der Waals surface area contributed by atoms with Gasteiger partial charge in [-0.2, -0.15) is 0 Å². The van der Waals surface area contributed by atoms with Crippen molar-refractivity contribution in [3.63, 3.8) is 0 Å². The van der Waals surface area contributed by atoms with Crippen LogP contribution in [0.25, 0.3) is 10.9 Å². The Morgan fingerprint density at radius 3 is 2.47 bits per heavy atom. The van der Waals surface area contributed by atoms with Gasteiger partial charge in [-0.05, 0) is 54.8 Å². The first kappa shape index (κ1) is 23.4. The van der Waals surface area contributed by atoms with Gasteiger partial charge in [0.2, 0.25) is 0 Å². The van der Waals surface area contributed by atoms with E-state index in [0.717, 1.165) is 35.9 Å². The molecule has 1 saturated carbocycles. The van der Waals surface area contributed by atoms with E-state index < -0.39 is 14.2 Å². The lowest BCUT2D eigenvalue weighted by molar-refractivity contribution is 0.0570. The van der Waals surface area contributed by atoms with Crippen LogP contribution in [0.15, 0.2) is 36.5 Å². The Hall–Kier alpha value is -1.23. The third kappa shape index (κ3) is 5.15. The van der Waals surface area contributed by atoms with Crippen LogP contribution in [0.4, 0.5) is 0 Å². The zero-order chi connectivity index (χ0) is 21.6. The van der Waals surface area contributed by atoms with Crippen LogP contribution in [0.2, 0.25) is 24.2 Å². The van der Waals surface area contributed by atoms with Gasteiger partial charge in [-0.15, -0.1) is 0 Å². The molecule has 166 valence electrons. The molecule has 1 aromatic heterocycles. The van der Waals surface area contributed by atoms with Crippen LogP contribution < -0.4 is 5.73 Å². The minimum absolute atomic E-state index is 0.328. The largest absolute Gasteiger partial charge is 0.388 e. The molecule has 2 aromatic rings. The van der Waals surface area contributed by atoms with E-state index in [9.17, 15) is 5.11 Å². The lowest BCUT2D eigenvalue weighted by Gasteiger charge is -2.38. The number of hydrogen-bond donors (Lipinski definition) is 2. The molecule has 0 radical (unpaired) electrons. The highest BCUT2D eigenvalue weighted by molar-refractivity contribution is 6.79. The number of nitrogens with zero attached hydrogens (tertiary/aromatic N) is 1. The van der Waals surface area contributed by atoms with Gasteiger partial charge < -0.3 is 10.8 Å². The number of aromatic nitrogens is 1. The molecule has 0 aliphatic heterocycles. The Bertz CT molecular complexity index is 778. The molecular weight excluding hydrogens is 384 g/mol. The summed E-state index contributed by atoms with van der Waals surface area (Å²) in [5.74, 6) is 1.61. The number of aliphatic hydroxyl groups is 1. The van der Waals surface area contributed by atoms with Crippen LogP contribution in [-0.2, 0) is 0 Å². The number of nitrogens with two attached hydrogens (primary N) is 1. The maximum atomic E-state index is 11.3. The zero-order valence-corrected chi connectivity index (χ0v) is 20.3. The molecule has 1 aliphatic carbocycles. The fourth-order valence-electron chi connectivity index (χ4n) is 5.93. The lowest BCUT2D eigenvalue weighted by atomic mass is 9.71. The van der Waals surface area contributed by atoms with Gasteiger partial charge in [0.05, 0.1) is 19.7 Å². The predicted molar refractivity (Wildman–Crippen MR) is 131 cm³/mol. The first-order valence-corrected chi connectivity index (χ1v) is 15.1. The Morgan fingerprint density at radius 2 is 1.77 bits per heavy atom. The van der Waals surface area contributed by atoms with Gasteiger partial charge >= 0.3 is 0 Å². The average molecular weight is 427 g/mol. The second-order valence-corrected chi connectivity index (χ2v) is 15.3. The first-order chi connectivity index (χ1) is 14.6. The van der Waals surface area contributed by atoms with Crippen molar-refractivity contribution < 1.29 is 5.11 Å². The molecule has 0 amide bonds. The van der Waals surface area contributed by atoms with Crippen molar-refractivity contribution in [2.24, 2.45) is 23.5 Å². The Morgan fingerprint density at radius 1 is 1.07 bits per heavy atom. The molecule has 3 nitrogen and oxygen atoms in total. The van der Waals surface area contributed by atoms with Crippen molar-refractivity contribution in [3.8, 4) is 0 Å². The van der Waals surface area contributed by atoms with E-state index in [1.54, 1.807) is 0 Å². The summed E-state index contributed by atoms with van der Waals surface area (Å²) in [5.41, 5.74) is 8.33. The van der Waals surface area contributed by atoms with E-state index in [0.29, 0.717) is 17.8 Å². The molecule has 1 fully saturated rings. The summed E-state index contributed by atoms with van der Waals surface area (Å²) in [7, 11) is -1.09. The summed E-state index contributed by atoms with van der Waals surface area (Å²) in [5, 5.41) is 12.4. The van der Waals surface area contributed by atoms with E-state index in [-0.39, 0.29) is 0 Å². The van der Waals surface area contributed by atoms with E-state index in [2.05, 4.69) is 31.8 Å². The van der Waals surface area contributed by atoms with Crippen molar-refractivity contribution in [1.29, 1.82) is 0 Å². The molecule has 0 spiro atoms. The Labute approximate surface area is 184 Å². The SMILES string of the molecule is CC[Si](CC)(CC)CCC(CN)C1CCCC(C(O)c2ccnc3ccccc23)C1. The van der Waals surface area contributed by atoms with Crippen molar-refractivity contribution in [2.75, 3.05) is 6.54 Å². The Kier molecular flexibility index (Phi) is 8.50. The predicted octanol–water partition coefficient (Wildman–Crippen LogP) is 6.55. The first-order valence-electron chi connectivity index (χ1n) is 12.3. The summed E-state index contributed by atoms with van der Waals surface area (Å²) < 4.78 is 0. The number of rotatable bonds is 10. The van der Waals surface area contributed by atoms with Crippen molar-refractivity contribution in [1.82, 2.24) is 4.98 Å². The monoisotopic (exact) mass is 426 g/mol. The van der Waals surface area contributed by atoms with Crippen LogP contribution in [0, 0.1) is 17.8 Å². The van der Waals surface area contributed by atoms with Crippen molar-refractivity contribution >= 4 is 19.0 Å². The van der Waals surface area contributed by atoms with Crippen molar-refractivity contribution in [2.45, 2.75) is 83.2 Å². The fourth-order valence-corrected chi connectivity index (χ4v) is 9.47. The van der Waals surface area contributed by atoms with Gasteiger partial charge in [-0.25, -0.2) is 0 Å². The second-order valence-electron chi connectivity index (χ2n) is 9.64. The summed E-state index contributed by atoms with van der Waals surface area (Å²) >= 11 is 0. The topological polar surface area (TPSA) is 59.1 Å². The van der Waals surface area contributed by atoms with Crippen LogP contribution in [0.3, 0.4) is 0 Å². The number of benzene rings is 1. The highest BCUT2D eigenvalue weighted by Gasteiger charge is 2.34. The summed E-state index contributed by atoms with van der Waals surface area (Å²) in [6.45, 7) is 8.02. The average Bonchev–Trinajstić information content (AvgIpc) is 2.82. The number of hydrogen-bond acceptors (Lipinski definition) is 3. The number of fused-ring (bicyclic) bond motifs is 1. The second kappa shape index (κ2) is 10.9. The zero-order valence-electron chi connectivity index (χ0n) is 19.3. The van der Waals surface area contributed by atoms with Gasteiger partial charge in [0.15, 0.2) is 0 Å². The van der Waals surface area contributed by atoms with Crippen molar-refractivity contribution in [3.05, 3.63) is 42.1 Å². The van der Waals surface area contributed by atoms with E-state index in [1.165, 1.54) is 43.4 Å². The third-order valence-corrected chi connectivity index (χ3v) is 14.3. The molecule has 0 saturated heterocycles. The molecule has 0 bridgehead atoms. The molecule has 1 heterocycles. The Balaban J connectivity index is 1.70. The number of aliphatic hydroxyl groups excluding tert-OH is 1. The molecule has 3 N–H and O–H groups in total. The summed E-state index contributed by atoms with van der Waals surface area (Å²) in [6, 6.07) is 15.8. The van der Waals surface area contributed by atoms with Crippen LogP contribution in [0.5, 0.6) is 0 Å². The highest BCUT2D eigenvalue weighted by Crippen LogP contribution is 2.43. The quantitative estimate of drug-likeness (QED) is 0.424. The third-order valence-electron chi connectivity index (χ3n) is 8.47. The smallest absolute Gasteiger partial charge is 0.0825 e. The lowest BCUT2D eigenvalue weighted by Crippen LogP contribution is -2.35. The van der Waals surface area contributed by atoms with Crippen LogP contribution >= 0.6 is 0 Å². The van der Waals surface area contributed by atoms with Gasteiger partial charge in [0, 0.05) is 11.6 Å². The molecule has 4 atom stereocenters. The summed E-state index contributed by atoms with van der Waals surface area (Å²) in [4.78, 5) is 4.47.